The fourth-order valence-electron chi connectivity index (χ4n) is 2.35. The minimum Gasteiger partial charge on any atom is -0.306 e. The second kappa shape index (κ2) is 7.26. The number of benzene rings is 2. The van der Waals surface area contributed by atoms with E-state index in [1.54, 1.807) is 0 Å². The first-order valence-corrected chi connectivity index (χ1v) is 8.04. The molecule has 0 aliphatic heterocycles. The zero-order valence-corrected chi connectivity index (χ0v) is 14.1. The van der Waals surface area contributed by atoms with Gasteiger partial charge in [-0.25, -0.2) is 0 Å². The van der Waals surface area contributed by atoms with Crippen LogP contribution in [0.15, 0.2) is 46.9 Å². The molecule has 1 nitrogen and oxygen atoms in total. The van der Waals surface area contributed by atoms with Gasteiger partial charge in [0.05, 0.1) is 6.04 Å². The van der Waals surface area contributed by atoms with Crippen molar-refractivity contribution in [3.05, 3.63) is 68.7 Å². The quantitative estimate of drug-likeness (QED) is 0.749. The fraction of sp³-hybridized carbons (Fsp3) is 0.294. The second-order valence-electron chi connectivity index (χ2n) is 4.95. The van der Waals surface area contributed by atoms with Gasteiger partial charge in [0.25, 0.3) is 0 Å². The van der Waals surface area contributed by atoms with Crippen LogP contribution in [0.2, 0.25) is 5.02 Å². The van der Waals surface area contributed by atoms with Crippen LogP contribution in [0, 0.1) is 6.92 Å². The highest BCUT2D eigenvalue weighted by atomic mass is 79.9. The SMILES string of the molecule is CCCNC(c1cc(Cl)cc(Br)c1)c1ccccc1C. The number of rotatable bonds is 5. The first-order chi connectivity index (χ1) is 9.61. The van der Waals surface area contributed by atoms with Gasteiger partial charge < -0.3 is 5.32 Å². The molecular formula is C17H19BrClN. The molecular weight excluding hydrogens is 334 g/mol. The molecule has 1 N–H and O–H groups in total. The van der Waals surface area contributed by atoms with Crippen molar-refractivity contribution in [2.24, 2.45) is 0 Å². The van der Waals surface area contributed by atoms with Gasteiger partial charge in [-0.3, -0.25) is 0 Å². The van der Waals surface area contributed by atoms with E-state index in [9.17, 15) is 0 Å². The molecule has 0 radical (unpaired) electrons. The van der Waals surface area contributed by atoms with Gasteiger partial charge in [0, 0.05) is 9.50 Å². The third-order valence-corrected chi connectivity index (χ3v) is 3.99. The van der Waals surface area contributed by atoms with Crippen LogP contribution in [0.5, 0.6) is 0 Å². The van der Waals surface area contributed by atoms with Crippen LogP contribution >= 0.6 is 27.5 Å². The Bertz CT molecular complexity index is 563. The molecule has 0 heterocycles. The molecule has 0 aromatic heterocycles. The third-order valence-electron chi connectivity index (χ3n) is 3.32. The Morgan fingerprint density at radius 2 is 1.95 bits per heavy atom. The van der Waals surface area contributed by atoms with Crippen molar-refractivity contribution >= 4 is 27.5 Å². The van der Waals surface area contributed by atoms with Gasteiger partial charge in [0.15, 0.2) is 0 Å². The van der Waals surface area contributed by atoms with E-state index in [0.29, 0.717) is 0 Å². The predicted octanol–water partition coefficient (Wildman–Crippen LogP) is 5.50. The second-order valence-corrected chi connectivity index (χ2v) is 6.30. The van der Waals surface area contributed by atoms with E-state index in [4.69, 9.17) is 11.6 Å². The first kappa shape index (κ1) is 15.6. The first-order valence-electron chi connectivity index (χ1n) is 6.86. The van der Waals surface area contributed by atoms with Gasteiger partial charge >= 0.3 is 0 Å². The van der Waals surface area contributed by atoms with Crippen molar-refractivity contribution < 1.29 is 0 Å². The summed E-state index contributed by atoms with van der Waals surface area (Å²) in [5.74, 6) is 0. The molecule has 0 aliphatic rings. The van der Waals surface area contributed by atoms with Gasteiger partial charge in [-0.05, 0) is 54.8 Å². The van der Waals surface area contributed by atoms with Crippen molar-refractivity contribution in [2.75, 3.05) is 6.54 Å². The van der Waals surface area contributed by atoms with E-state index in [0.717, 1.165) is 22.5 Å². The van der Waals surface area contributed by atoms with Gasteiger partial charge in [-0.2, -0.15) is 0 Å². The minimum absolute atomic E-state index is 0.172. The fourth-order valence-corrected chi connectivity index (χ4v) is 3.23. The highest BCUT2D eigenvalue weighted by Gasteiger charge is 2.16. The van der Waals surface area contributed by atoms with E-state index in [1.807, 2.05) is 12.1 Å². The van der Waals surface area contributed by atoms with Crippen molar-refractivity contribution in [1.82, 2.24) is 5.32 Å². The maximum Gasteiger partial charge on any atom is 0.0580 e. The van der Waals surface area contributed by atoms with Crippen LogP contribution in [-0.2, 0) is 0 Å². The third kappa shape index (κ3) is 3.85. The average molecular weight is 353 g/mol. The van der Waals surface area contributed by atoms with Crippen LogP contribution in [0.1, 0.15) is 36.1 Å². The van der Waals surface area contributed by atoms with Crippen LogP contribution in [0.25, 0.3) is 0 Å². The maximum absolute atomic E-state index is 6.20. The van der Waals surface area contributed by atoms with Gasteiger partial charge in [-0.15, -0.1) is 0 Å². The molecule has 2 rings (SSSR count). The van der Waals surface area contributed by atoms with Gasteiger partial charge in [-0.1, -0.05) is 58.7 Å². The zero-order valence-electron chi connectivity index (χ0n) is 11.8. The average Bonchev–Trinajstić information content (AvgIpc) is 2.40. The molecule has 0 saturated carbocycles. The van der Waals surface area contributed by atoms with Crippen molar-refractivity contribution in [2.45, 2.75) is 26.3 Å². The lowest BCUT2D eigenvalue weighted by atomic mass is 9.95. The number of halogens is 2. The molecule has 1 unspecified atom stereocenters. The normalized spacial score (nSPS) is 12.4. The summed E-state index contributed by atoms with van der Waals surface area (Å²) in [7, 11) is 0. The Morgan fingerprint density at radius 1 is 1.20 bits per heavy atom. The Labute approximate surface area is 134 Å². The smallest absolute Gasteiger partial charge is 0.0580 e. The van der Waals surface area contributed by atoms with Crippen molar-refractivity contribution in [3.63, 3.8) is 0 Å². The van der Waals surface area contributed by atoms with Crippen LogP contribution in [-0.4, -0.2) is 6.54 Å². The number of hydrogen-bond acceptors (Lipinski definition) is 1. The van der Waals surface area contributed by atoms with Crippen molar-refractivity contribution in [1.29, 1.82) is 0 Å². The molecule has 3 heteroatoms. The molecule has 0 spiro atoms. The lowest BCUT2D eigenvalue weighted by Crippen LogP contribution is -2.24. The predicted molar refractivity (Wildman–Crippen MR) is 90.5 cm³/mol. The minimum atomic E-state index is 0.172. The highest BCUT2D eigenvalue weighted by molar-refractivity contribution is 9.10. The monoisotopic (exact) mass is 351 g/mol. The molecule has 106 valence electrons. The van der Waals surface area contributed by atoms with E-state index >= 15 is 0 Å². The molecule has 1 atom stereocenters. The molecule has 0 fully saturated rings. The summed E-state index contributed by atoms with van der Waals surface area (Å²) in [6.45, 7) is 5.30. The Kier molecular flexibility index (Phi) is 5.64. The summed E-state index contributed by atoms with van der Waals surface area (Å²) in [6.07, 6.45) is 1.10. The van der Waals surface area contributed by atoms with Crippen LogP contribution in [0.3, 0.4) is 0 Å². The maximum atomic E-state index is 6.20. The van der Waals surface area contributed by atoms with E-state index in [1.165, 1.54) is 16.7 Å². The molecule has 20 heavy (non-hydrogen) atoms. The molecule has 0 amide bonds. The number of aryl methyl sites for hydroxylation is 1. The summed E-state index contributed by atoms with van der Waals surface area (Å²) in [6, 6.07) is 14.7. The Hall–Kier alpha value is -0.830. The van der Waals surface area contributed by atoms with E-state index < -0.39 is 0 Å². The van der Waals surface area contributed by atoms with Crippen LogP contribution in [0.4, 0.5) is 0 Å². The summed E-state index contributed by atoms with van der Waals surface area (Å²) >= 11 is 9.73. The van der Waals surface area contributed by atoms with Crippen LogP contribution < -0.4 is 5.32 Å². The highest BCUT2D eigenvalue weighted by Crippen LogP contribution is 2.29. The molecule has 0 saturated heterocycles. The summed E-state index contributed by atoms with van der Waals surface area (Å²) in [5, 5.41) is 4.37. The van der Waals surface area contributed by atoms with Gasteiger partial charge in [0.1, 0.15) is 0 Å². The Morgan fingerprint density at radius 3 is 2.60 bits per heavy atom. The zero-order chi connectivity index (χ0) is 14.5. The summed E-state index contributed by atoms with van der Waals surface area (Å²) < 4.78 is 1.01. The van der Waals surface area contributed by atoms with E-state index in [-0.39, 0.29) is 6.04 Å². The molecule has 2 aromatic rings. The largest absolute Gasteiger partial charge is 0.306 e. The Balaban J connectivity index is 2.44. The summed E-state index contributed by atoms with van der Waals surface area (Å²) in [4.78, 5) is 0. The number of nitrogens with one attached hydrogen (secondary N) is 1. The lowest BCUT2D eigenvalue weighted by Gasteiger charge is -2.22. The number of hydrogen-bond donors (Lipinski definition) is 1. The topological polar surface area (TPSA) is 12.0 Å². The summed E-state index contributed by atoms with van der Waals surface area (Å²) in [5.41, 5.74) is 3.78. The molecule has 2 aromatic carbocycles. The lowest BCUT2D eigenvalue weighted by molar-refractivity contribution is 0.596. The molecule has 0 aliphatic carbocycles. The van der Waals surface area contributed by atoms with Gasteiger partial charge in [0.2, 0.25) is 0 Å². The van der Waals surface area contributed by atoms with Crippen molar-refractivity contribution in [3.8, 4) is 0 Å². The standard InChI is InChI=1S/C17H19BrClN/c1-3-8-20-17(16-7-5-4-6-12(16)2)13-9-14(18)11-15(19)10-13/h4-7,9-11,17,20H,3,8H2,1-2H3. The van der Waals surface area contributed by atoms with E-state index in [2.05, 4.69) is 65.4 Å². The molecule has 0 bridgehead atoms.